The highest BCUT2D eigenvalue weighted by molar-refractivity contribution is 5.89. The van der Waals surface area contributed by atoms with E-state index < -0.39 is 12.0 Å². The molecule has 6 nitrogen and oxygen atoms in total. The summed E-state index contributed by atoms with van der Waals surface area (Å²) in [6.07, 6.45) is 1.70. The molecule has 0 radical (unpaired) electrons. The lowest BCUT2D eigenvalue weighted by molar-refractivity contribution is 0.0848. The molecular weight excluding hydrogens is 311 g/mol. The molecule has 2 aliphatic rings. The summed E-state index contributed by atoms with van der Waals surface area (Å²) in [6.45, 7) is 0.646. The molecule has 0 spiro atoms. The number of rotatable bonds is 1. The fourth-order valence-electron chi connectivity index (χ4n) is 3.70. The molecule has 4 rings (SSSR count). The van der Waals surface area contributed by atoms with Gasteiger partial charge in [0.1, 0.15) is 11.6 Å². The standard InChI is InChI=1S/C17H19FN4O2/c18-9-1-3-14-12(7-9)11(5-6-20-14)17(24)22-15-4-2-10(23)8-13(15)16(19)21-22/h1,3,7,10-11,20,23H,2,4-6,8H2,(H2,19,21)/t10-,11-/m0/s1. The molecule has 2 atom stereocenters. The third kappa shape index (κ3) is 2.36. The number of nitrogens with one attached hydrogen (secondary N) is 1. The van der Waals surface area contributed by atoms with Crippen molar-refractivity contribution in [2.45, 2.75) is 37.7 Å². The molecule has 0 saturated carbocycles. The van der Waals surface area contributed by atoms with E-state index in [1.54, 1.807) is 6.07 Å². The largest absolute Gasteiger partial charge is 0.393 e. The average Bonchev–Trinajstić information content (AvgIpc) is 2.90. The topological polar surface area (TPSA) is 93.2 Å². The summed E-state index contributed by atoms with van der Waals surface area (Å²) in [6, 6.07) is 4.45. The van der Waals surface area contributed by atoms with Gasteiger partial charge >= 0.3 is 0 Å². The number of aliphatic hydroxyl groups is 1. The van der Waals surface area contributed by atoms with Crippen LogP contribution in [-0.2, 0) is 12.8 Å². The highest BCUT2D eigenvalue weighted by atomic mass is 19.1. The van der Waals surface area contributed by atoms with Crippen molar-refractivity contribution in [1.29, 1.82) is 0 Å². The van der Waals surface area contributed by atoms with E-state index in [0.29, 0.717) is 43.6 Å². The van der Waals surface area contributed by atoms with Gasteiger partial charge in [0.25, 0.3) is 5.91 Å². The van der Waals surface area contributed by atoms with Crippen molar-refractivity contribution in [2.24, 2.45) is 0 Å². The fraction of sp³-hybridized carbons (Fsp3) is 0.412. The minimum Gasteiger partial charge on any atom is -0.393 e. The summed E-state index contributed by atoms with van der Waals surface area (Å²) in [5, 5.41) is 17.2. The van der Waals surface area contributed by atoms with Crippen molar-refractivity contribution in [3.05, 3.63) is 40.8 Å². The lowest BCUT2D eigenvalue weighted by Gasteiger charge is -2.26. The molecule has 24 heavy (non-hydrogen) atoms. The summed E-state index contributed by atoms with van der Waals surface area (Å²) < 4.78 is 15.0. The minimum atomic E-state index is -0.452. The molecule has 126 valence electrons. The number of carbonyl (C=O) groups excluding carboxylic acids is 1. The number of aliphatic hydroxyl groups excluding tert-OH is 1. The quantitative estimate of drug-likeness (QED) is 0.740. The molecule has 0 amide bonds. The zero-order valence-corrected chi connectivity index (χ0v) is 13.1. The number of hydrogen-bond donors (Lipinski definition) is 3. The second-order valence-electron chi connectivity index (χ2n) is 6.46. The number of nitrogens with two attached hydrogens (primary N) is 1. The molecule has 1 aliphatic heterocycles. The van der Waals surface area contributed by atoms with Crippen molar-refractivity contribution in [2.75, 3.05) is 17.6 Å². The van der Waals surface area contributed by atoms with Gasteiger partial charge in [-0.25, -0.2) is 9.07 Å². The maximum atomic E-state index is 13.6. The van der Waals surface area contributed by atoms with Crippen LogP contribution in [0.1, 0.15) is 40.4 Å². The Bertz CT molecular complexity index is 817. The normalized spacial score (nSPS) is 22.4. The van der Waals surface area contributed by atoms with Crippen LogP contribution in [-0.4, -0.2) is 33.4 Å². The van der Waals surface area contributed by atoms with E-state index in [2.05, 4.69) is 10.4 Å². The highest BCUT2D eigenvalue weighted by Crippen LogP contribution is 2.35. The Balaban J connectivity index is 1.74. The Kier molecular flexibility index (Phi) is 3.53. The van der Waals surface area contributed by atoms with E-state index in [4.69, 9.17) is 5.73 Å². The molecule has 4 N–H and O–H groups in total. The Hall–Kier alpha value is -2.41. The van der Waals surface area contributed by atoms with Gasteiger partial charge in [-0.05, 0) is 43.0 Å². The SMILES string of the molecule is Nc1nn(C(=O)[C@H]2CCNc3ccc(F)cc32)c2c1C[C@@H](O)CC2. The molecule has 2 aromatic rings. The summed E-state index contributed by atoms with van der Waals surface area (Å²) in [5.74, 6) is -0.703. The number of nitrogen functional groups attached to an aromatic ring is 1. The summed E-state index contributed by atoms with van der Waals surface area (Å²) >= 11 is 0. The van der Waals surface area contributed by atoms with Gasteiger partial charge in [0, 0.05) is 24.2 Å². The van der Waals surface area contributed by atoms with E-state index in [1.165, 1.54) is 16.8 Å². The first-order valence-corrected chi connectivity index (χ1v) is 8.16. The van der Waals surface area contributed by atoms with Crippen LogP contribution in [0.2, 0.25) is 0 Å². The van der Waals surface area contributed by atoms with Crippen molar-refractivity contribution >= 4 is 17.4 Å². The van der Waals surface area contributed by atoms with E-state index in [-0.39, 0.29) is 11.7 Å². The molecule has 0 saturated heterocycles. The predicted octanol–water partition coefficient (Wildman–Crippen LogP) is 1.69. The van der Waals surface area contributed by atoms with Gasteiger partial charge in [0.05, 0.1) is 17.7 Å². The molecule has 2 heterocycles. The summed E-state index contributed by atoms with van der Waals surface area (Å²) in [4.78, 5) is 13.1. The molecular formula is C17H19FN4O2. The Labute approximate surface area is 138 Å². The van der Waals surface area contributed by atoms with Gasteiger partial charge in [0.15, 0.2) is 0 Å². The lowest BCUT2D eigenvalue weighted by Crippen LogP contribution is -2.30. The first-order valence-electron chi connectivity index (χ1n) is 8.16. The monoisotopic (exact) mass is 330 g/mol. The molecule has 1 aromatic carbocycles. The first kappa shape index (κ1) is 15.1. The van der Waals surface area contributed by atoms with Crippen LogP contribution >= 0.6 is 0 Å². The van der Waals surface area contributed by atoms with Gasteiger partial charge in [0.2, 0.25) is 0 Å². The Morgan fingerprint density at radius 2 is 2.25 bits per heavy atom. The third-order valence-electron chi connectivity index (χ3n) is 4.92. The van der Waals surface area contributed by atoms with Gasteiger partial charge in [-0.15, -0.1) is 5.10 Å². The molecule has 7 heteroatoms. The second-order valence-corrected chi connectivity index (χ2v) is 6.46. The molecule has 1 aliphatic carbocycles. The maximum absolute atomic E-state index is 13.6. The molecule has 1 aromatic heterocycles. The van der Waals surface area contributed by atoms with Crippen LogP contribution in [0.4, 0.5) is 15.9 Å². The van der Waals surface area contributed by atoms with E-state index in [9.17, 15) is 14.3 Å². The fourth-order valence-corrected chi connectivity index (χ4v) is 3.70. The highest BCUT2D eigenvalue weighted by Gasteiger charge is 2.33. The van der Waals surface area contributed by atoms with Crippen molar-refractivity contribution < 1.29 is 14.3 Å². The van der Waals surface area contributed by atoms with E-state index >= 15 is 0 Å². The van der Waals surface area contributed by atoms with E-state index in [1.807, 2.05) is 0 Å². The van der Waals surface area contributed by atoms with Crippen molar-refractivity contribution in [3.63, 3.8) is 0 Å². The van der Waals surface area contributed by atoms with Crippen LogP contribution in [0.15, 0.2) is 18.2 Å². The van der Waals surface area contributed by atoms with Crippen molar-refractivity contribution in [3.8, 4) is 0 Å². The number of benzene rings is 1. The van der Waals surface area contributed by atoms with Gasteiger partial charge < -0.3 is 16.2 Å². The predicted molar refractivity (Wildman–Crippen MR) is 87.5 cm³/mol. The lowest BCUT2D eigenvalue weighted by atomic mass is 9.89. The van der Waals surface area contributed by atoms with Gasteiger partial charge in [-0.3, -0.25) is 4.79 Å². The van der Waals surface area contributed by atoms with Crippen LogP contribution in [0.25, 0.3) is 0 Å². The van der Waals surface area contributed by atoms with Crippen LogP contribution in [0.3, 0.4) is 0 Å². The Morgan fingerprint density at radius 1 is 1.42 bits per heavy atom. The van der Waals surface area contributed by atoms with Crippen LogP contribution in [0, 0.1) is 5.82 Å². The Morgan fingerprint density at radius 3 is 3.08 bits per heavy atom. The number of aromatic nitrogens is 2. The number of carbonyl (C=O) groups is 1. The zero-order valence-electron chi connectivity index (χ0n) is 13.1. The van der Waals surface area contributed by atoms with Gasteiger partial charge in [-0.1, -0.05) is 0 Å². The molecule has 0 fully saturated rings. The molecule has 0 unspecified atom stereocenters. The number of anilines is 2. The van der Waals surface area contributed by atoms with E-state index in [0.717, 1.165) is 16.9 Å². The summed E-state index contributed by atoms with van der Waals surface area (Å²) in [5.41, 5.74) is 8.92. The number of fused-ring (bicyclic) bond motifs is 2. The van der Waals surface area contributed by atoms with Crippen LogP contribution in [0.5, 0.6) is 0 Å². The van der Waals surface area contributed by atoms with Gasteiger partial charge in [-0.2, -0.15) is 0 Å². The average molecular weight is 330 g/mol. The van der Waals surface area contributed by atoms with Crippen LogP contribution < -0.4 is 11.1 Å². The minimum absolute atomic E-state index is 0.187. The third-order valence-corrected chi connectivity index (χ3v) is 4.92. The first-order chi connectivity index (χ1) is 11.5. The molecule has 0 bridgehead atoms. The second kappa shape index (κ2) is 5.59. The number of hydrogen-bond acceptors (Lipinski definition) is 5. The number of halogens is 1. The van der Waals surface area contributed by atoms with Crippen molar-refractivity contribution in [1.82, 2.24) is 9.78 Å². The smallest absolute Gasteiger partial charge is 0.254 e. The zero-order chi connectivity index (χ0) is 16.8. The maximum Gasteiger partial charge on any atom is 0.254 e. The summed E-state index contributed by atoms with van der Waals surface area (Å²) in [7, 11) is 0. The number of nitrogens with zero attached hydrogens (tertiary/aromatic N) is 2.